The first-order valence-electron chi connectivity index (χ1n) is 8.62. The van der Waals surface area contributed by atoms with Gasteiger partial charge in [0, 0.05) is 6.54 Å². The monoisotopic (exact) mass is 478 g/mol. The summed E-state index contributed by atoms with van der Waals surface area (Å²) in [5.74, 6) is 0.180. The number of rotatable bonds is 8. The van der Waals surface area contributed by atoms with Crippen LogP contribution in [0, 0.1) is 0 Å². The minimum absolute atomic E-state index is 0.0270. The largest absolute Gasteiger partial charge is 0.491 e. The summed E-state index contributed by atoms with van der Waals surface area (Å²) >= 11 is 18.0. The molecule has 2 aromatic carbocycles. The van der Waals surface area contributed by atoms with Gasteiger partial charge in [0.2, 0.25) is 15.9 Å². The van der Waals surface area contributed by atoms with Gasteiger partial charge in [-0.15, -0.1) is 0 Å². The number of hydrogen-bond acceptors (Lipinski definition) is 4. The molecule has 0 aromatic heterocycles. The van der Waals surface area contributed by atoms with Gasteiger partial charge in [0.25, 0.3) is 0 Å². The van der Waals surface area contributed by atoms with E-state index in [0.29, 0.717) is 5.75 Å². The molecule has 0 aliphatic heterocycles. The number of ether oxygens (including phenoxy) is 1. The molecule has 10 heteroatoms. The predicted molar refractivity (Wildman–Crippen MR) is 118 cm³/mol. The summed E-state index contributed by atoms with van der Waals surface area (Å²) in [5, 5.41) is 3.07. The maximum Gasteiger partial charge on any atom is 0.241 e. The van der Waals surface area contributed by atoms with Crippen LogP contribution in [0.2, 0.25) is 15.1 Å². The molecule has 0 fully saturated rings. The van der Waals surface area contributed by atoms with Crippen LogP contribution in [0.1, 0.15) is 19.4 Å². The first kappa shape index (κ1) is 23.6. The van der Waals surface area contributed by atoms with Gasteiger partial charge in [0.1, 0.15) is 12.3 Å². The third-order valence-corrected chi connectivity index (χ3v) is 5.86. The first-order valence-corrected chi connectivity index (χ1v) is 11.6. The van der Waals surface area contributed by atoms with Crippen molar-refractivity contribution in [2.45, 2.75) is 26.5 Å². The molecule has 0 atom stereocenters. The van der Waals surface area contributed by atoms with Crippen LogP contribution in [0.15, 0.2) is 36.4 Å². The van der Waals surface area contributed by atoms with Crippen LogP contribution in [0.25, 0.3) is 0 Å². The summed E-state index contributed by atoms with van der Waals surface area (Å²) in [4.78, 5) is 12.4. The van der Waals surface area contributed by atoms with Crippen molar-refractivity contribution >= 4 is 56.4 Å². The van der Waals surface area contributed by atoms with E-state index < -0.39 is 22.5 Å². The van der Waals surface area contributed by atoms with Crippen LogP contribution in [-0.2, 0) is 21.4 Å². The fourth-order valence-electron chi connectivity index (χ4n) is 2.47. The highest BCUT2D eigenvalue weighted by molar-refractivity contribution is 7.92. The topological polar surface area (TPSA) is 75.7 Å². The molecule has 0 heterocycles. The summed E-state index contributed by atoms with van der Waals surface area (Å²) in [6.07, 6.45) is 1.00. The average Bonchev–Trinajstić information content (AvgIpc) is 2.60. The second-order valence-electron chi connectivity index (χ2n) is 6.58. The average molecular weight is 480 g/mol. The minimum atomic E-state index is -3.80. The Balaban J connectivity index is 2.13. The van der Waals surface area contributed by atoms with Crippen LogP contribution in [0.3, 0.4) is 0 Å². The summed E-state index contributed by atoms with van der Waals surface area (Å²) < 4.78 is 31.0. The number of halogens is 3. The molecule has 0 spiro atoms. The molecule has 0 aliphatic carbocycles. The molecular weight excluding hydrogens is 459 g/mol. The van der Waals surface area contributed by atoms with Gasteiger partial charge in [-0.1, -0.05) is 46.9 Å². The summed E-state index contributed by atoms with van der Waals surface area (Å²) in [7, 11) is -3.80. The molecule has 1 amide bonds. The zero-order valence-corrected chi connectivity index (χ0v) is 19.2. The standard InChI is InChI=1S/C19H21Cl3N2O4S/c1-12(2)28-14-6-4-5-13(7-14)10-23-19(25)11-24(29(3,26)27)18-9-16(21)15(20)8-17(18)22/h4-9,12H,10-11H2,1-3H3,(H,23,25). The van der Waals surface area contributed by atoms with Crippen molar-refractivity contribution in [3.8, 4) is 5.75 Å². The quantitative estimate of drug-likeness (QED) is 0.565. The first-order chi connectivity index (χ1) is 13.5. The lowest BCUT2D eigenvalue weighted by Gasteiger charge is -2.23. The van der Waals surface area contributed by atoms with Gasteiger partial charge in [-0.25, -0.2) is 8.42 Å². The van der Waals surface area contributed by atoms with Gasteiger partial charge >= 0.3 is 0 Å². The Kier molecular flexibility index (Phi) is 8.05. The van der Waals surface area contributed by atoms with Crippen molar-refractivity contribution in [3.63, 3.8) is 0 Å². The third-order valence-electron chi connectivity index (χ3n) is 3.71. The lowest BCUT2D eigenvalue weighted by molar-refractivity contribution is -0.119. The number of amides is 1. The van der Waals surface area contributed by atoms with E-state index in [1.54, 1.807) is 0 Å². The highest BCUT2D eigenvalue weighted by atomic mass is 35.5. The zero-order chi connectivity index (χ0) is 21.8. The normalized spacial score (nSPS) is 11.4. The molecule has 0 saturated carbocycles. The number of hydrogen-bond donors (Lipinski definition) is 1. The van der Waals surface area contributed by atoms with Crippen molar-refractivity contribution < 1.29 is 17.9 Å². The summed E-state index contributed by atoms with van der Waals surface area (Å²) in [6.45, 7) is 3.59. The molecule has 1 N–H and O–H groups in total. The number of nitrogens with one attached hydrogen (secondary N) is 1. The van der Waals surface area contributed by atoms with Crippen LogP contribution in [0.5, 0.6) is 5.75 Å². The Morgan fingerprint density at radius 1 is 1.10 bits per heavy atom. The number of carbonyl (C=O) groups excluding carboxylic acids is 1. The number of nitrogens with zero attached hydrogens (tertiary/aromatic N) is 1. The van der Waals surface area contributed by atoms with Gasteiger partial charge < -0.3 is 10.1 Å². The van der Waals surface area contributed by atoms with Crippen LogP contribution < -0.4 is 14.4 Å². The summed E-state index contributed by atoms with van der Waals surface area (Å²) in [5.41, 5.74) is 0.890. The Morgan fingerprint density at radius 2 is 1.76 bits per heavy atom. The number of sulfonamides is 1. The molecule has 158 valence electrons. The molecule has 0 aliphatic rings. The molecular formula is C19H21Cl3N2O4S. The summed E-state index contributed by atoms with van der Waals surface area (Å²) in [6, 6.07) is 9.92. The number of anilines is 1. The molecule has 2 rings (SSSR count). The second-order valence-corrected chi connectivity index (χ2v) is 9.71. The Morgan fingerprint density at radius 3 is 2.38 bits per heavy atom. The van der Waals surface area contributed by atoms with Crippen molar-refractivity contribution in [1.82, 2.24) is 5.32 Å². The van der Waals surface area contributed by atoms with Crippen molar-refractivity contribution in [2.24, 2.45) is 0 Å². The fraction of sp³-hybridized carbons (Fsp3) is 0.316. The van der Waals surface area contributed by atoms with Crippen LogP contribution in [0.4, 0.5) is 5.69 Å². The van der Waals surface area contributed by atoms with E-state index in [2.05, 4.69) is 5.32 Å². The molecule has 29 heavy (non-hydrogen) atoms. The van der Waals surface area contributed by atoms with Gasteiger partial charge in [-0.2, -0.15) is 0 Å². The molecule has 2 aromatic rings. The molecule has 6 nitrogen and oxygen atoms in total. The third kappa shape index (κ3) is 6.96. The van der Waals surface area contributed by atoms with E-state index >= 15 is 0 Å². The highest BCUT2D eigenvalue weighted by Gasteiger charge is 2.24. The van der Waals surface area contributed by atoms with E-state index in [0.717, 1.165) is 16.1 Å². The minimum Gasteiger partial charge on any atom is -0.491 e. The Labute approximate surface area is 185 Å². The maximum absolute atomic E-state index is 12.4. The molecule has 0 unspecified atom stereocenters. The molecule has 0 saturated heterocycles. The van der Waals surface area contributed by atoms with Crippen molar-refractivity contribution in [3.05, 3.63) is 57.0 Å². The second kappa shape index (κ2) is 9.89. The van der Waals surface area contributed by atoms with E-state index in [-0.39, 0.29) is 33.4 Å². The van der Waals surface area contributed by atoms with Crippen molar-refractivity contribution in [2.75, 3.05) is 17.1 Å². The van der Waals surface area contributed by atoms with Crippen LogP contribution >= 0.6 is 34.8 Å². The van der Waals surface area contributed by atoms with E-state index in [9.17, 15) is 13.2 Å². The zero-order valence-electron chi connectivity index (χ0n) is 16.1. The SMILES string of the molecule is CC(C)Oc1cccc(CNC(=O)CN(c2cc(Cl)c(Cl)cc2Cl)S(C)(=O)=O)c1. The fourth-order valence-corrected chi connectivity index (χ4v) is 4.03. The van der Waals surface area contributed by atoms with Gasteiger partial charge in [-0.05, 0) is 43.7 Å². The predicted octanol–water partition coefficient (Wildman–Crippen LogP) is 4.52. The number of benzene rings is 2. The Bertz CT molecular complexity index is 997. The number of carbonyl (C=O) groups is 1. The maximum atomic E-state index is 12.4. The van der Waals surface area contributed by atoms with Crippen molar-refractivity contribution in [1.29, 1.82) is 0 Å². The van der Waals surface area contributed by atoms with E-state index in [1.807, 2.05) is 38.1 Å². The Hall–Kier alpha value is -1.67. The van der Waals surface area contributed by atoms with E-state index in [1.165, 1.54) is 12.1 Å². The molecule has 0 bridgehead atoms. The van der Waals surface area contributed by atoms with E-state index in [4.69, 9.17) is 39.5 Å². The molecule has 0 radical (unpaired) electrons. The van der Waals surface area contributed by atoms with Gasteiger partial charge in [0.15, 0.2) is 0 Å². The lowest BCUT2D eigenvalue weighted by Crippen LogP contribution is -2.40. The van der Waals surface area contributed by atoms with Gasteiger partial charge in [-0.3, -0.25) is 9.10 Å². The highest BCUT2D eigenvalue weighted by Crippen LogP contribution is 2.35. The van der Waals surface area contributed by atoms with Gasteiger partial charge in [0.05, 0.1) is 33.1 Å². The van der Waals surface area contributed by atoms with Crippen LogP contribution in [-0.4, -0.2) is 33.2 Å². The lowest BCUT2D eigenvalue weighted by atomic mass is 10.2. The smallest absolute Gasteiger partial charge is 0.241 e.